The highest BCUT2D eigenvalue weighted by atomic mass is 16.6. The van der Waals surface area contributed by atoms with Crippen LogP contribution in [0.3, 0.4) is 0 Å². The monoisotopic (exact) mass is 236 g/mol. The summed E-state index contributed by atoms with van der Waals surface area (Å²) in [4.78, 5) is 21.9. The van der Waals surface area contributed by atoms with Gasteiger partial charge in [-0.1, -0.05) is 25.1 Å². The third-order valence-electron chi connectivity index (χ3n) is 2.56. The predicted octanol–water partition coefficient (Wildman–Crippen LogP) is 2.05. The van der Waals surface area contributed by atoms with E-state index in [9.17, 15) is 14.9 Å². The van der Waals surface area contributed by atoms with Crippen molar-refractivity contribution in [2.75, 3.05) is 0 Å². The van der Waals surface area contributed by atoms with E-state index in [0.717, 1.165) is 6.42 Å². The Morgan fingerprint density at radius 2 is 2.12 bits per heavy atom. The molecule has 0 heterocycles. The van der Waals surface area contributed by atoms with Gasteiger partial charge in [0.1, 0.15) is 0 Å². The van der Waals surface area contributed by atoms with E-state index < -0.39 is 4.92 Å². The number of nitrogens with zero attached hydrogens (tertiary/aromatic N) is 1. The molecule has 92 valence electrons. The van der Waals surface area contributed by atoms with Gasteiger partial charge < -0.3 is 5.32 Å². The largest absolute Gasteiger partial charge is 0.353 e. The minimum absolute atomic E-state index is 0.00759. The molecule has 5 heteroatoms. The summed E-state index contributed by atoms with van der Waals surface area (Å²) in [5, 5.41) is 13.5. The van der Waals surface area contributed by atoms with Gasteiger partial charge in [0.15, 0.2) is 0 Å². The Balaban J connectivity index is 2.74. The molecule has 1 aromatic rings. The fraction of sp³-hybridized carbons (Fsp3) is 0.417. The molecule has 0 aliphatic rings. The standard InChI is InChI=1S/C12H16N2O3/c1-3-9(2)13-12(15)8-10-6-4-5-7-11(10)14(16)17/h4-7,9H,3,8H2,1-2H3,(H,13,15)/t9-/m1/s1. The quantitative estimate of drug-likeness (QED) is 0.628. The van der Waals surface area contributed by atoms with Gasteiger partial charge in [-0.3, -0.25) is 14.9 Å². The third kappa shape index (κ3) is 3.86. The summed E-state index contributed by atoms with van der Waals surface area (Å²) in [6.45, 7) is 3.87. The molecule has 0 fully saturated rings. The van der Waals surface area contributed by atoms with Crippen molar-refractivity contribution in [3.05, 3.63) is 39.9 Å². The molecule has 0 bridgehead atoms. The van der Waals surface area contributed by atoms with Crippen molar-refractivity contribution in [1.29, 1.82) is 0 Å². The maximum atomic E-state index is 11.6. The molecule has 0 saturated carbocycles. The van der Waals surface area contributed by atoms with E-state index >= 15 is 0 Å². The Morgan fingerprint density at radius 3 is 2.71 bits per heavy atom. The molecular weight excluding hydrogens is 220 g/mol. The van der Waals surface area contributed by atoms with Crippen LogP contribution in [0.2, 0.25) is 0 Å². The first-order valence-corrected chi connectivity index (χ1v) is 5.56. The molecule has 0 aliphatic carbocycles. The van der Waals surface area contributed by atoms with Crippen molar-refractivity contribution in [2.24, 2.45) is 0 Å². The van der Waals surface area contributed by atoms with Gasteiger partial charge in [-0.05, 0) is 13.3 Å². The first-order chi connectivity index (χ1) is 8.04. The molecule has 0 saturated heterocycles. The van der Waals surface area contributed by atoms with Crippen molar-refractivity contribution < 1.29 is 9.72 Å². The van der Waals surface area contributed by atoms with Crippen LogP contribution in [0.4, 0.5) is 5.69 Å². The maximum absolute atomic E-state index is 11.6. The number of benzene rings is 1. The molecule has 0 aromatic heterocycles. The molecular formula is C12H16N2O3. The van der Waals surface area contributed by atoms with E-state index in [1.54, 1.807) is 18.2 Å². The first-order valence-electron chi connectivity index (χ1n) is 5.56. The van der Waals surface area contributed by atoms with Gasteiger partial charge in [0, 0.05) is 17.7 Å². The van der Waals surface area contributed by atoms with Gasteiger partial charge in [0.2, 0.25) is 5.91 Å². The third-order valence-corrected chi connectivity index (χ3v) is 2.56. The Kier molecular flexibility index (Phi) is 4.63. The zero-order valence-corrected chi connectivity index (χ0v) is 9.97. The summed E-state index contributed by atoms with van der Waals surface area (Å²) in [6.07, 6.45) is 0.879. The number of nitro groups is 1. The average Bonchev–Trinajstić information content (AvgIpc) is 2.29. The Morgan fingerprint density at radius 1 is 1.47 bits per heavy atom. The van der Waals surface area contributed by atoms with Crippen molar-refractivity contribution in [3.8, 4) is 0 Å². The van der Waals surface area contributed by atoms with E-state index in [4.69, 9.17) is 0 Å². The summed E-state index contributed by atoms with van der Waals surface area (Å²) < 4.78 is 0. The molecule has 1 N–H and O–H groups in total. The summed E-state index contributed by atoms with van der Waals surface area (Å²) in [7, 11) is 0. The second-order valence-corrected chi connectivity index (χ2v) is 3.94. The average molecular weight is 236 g/mol. The van der Waals surface area contributed by atoms with E-state index in [0.29, 0.717) is 5.56 Å². The van der Waals surface area contributed by atoms with Crippen molar-refractivity contribution in [2.45, 2.75) is 32.7 Å². The van der Waals surface area contributed by atoms with Crippen LogP contribution in [-0.2, 0) is 11.2 Å². The van der Waals surface area contributed by atoms with Gasteiger partial charge in [0.05, 0.1) is 11.3 Å². The van der Waals surface area contributed by atoms with Crippen LogP contribution >= 0.6 is 0 Å². The maximum Gasteiger partial charge on any atom is 0.273 e. The molecule has 1 aromatic carbocycles. The lowest BCUT2D eigenvalue weighted by atomic mass is 10.1. The van der Waals surface area contributed by atoms with Crippen molar-refractivity contribution >= 4 is 11.6 Å². The SMILES string of the molecule is CC[C@@H](C)NC(=O)Cc1ccccc1[N+](=O)[O-]. The van der Waals surface area contributed by atoms with Crippen LogP contribution in [-0.4, -0.2) is 16.9 Å². The lowest BCUT2D eigenvalue weighted by Gasteiger charge is -2.11. The lowest BCUT2D eigenvalue weighted by Crippen LogP contribution is -2.33. The van der Waals surface area contributed by atoms with E-state index in [2.05, 4.69) is 5.32 Å². The highest BCUT2D eigenvalue weighted by molar-refractivity contribution is 5.79. The second-order valence-electron chi connectivity index (χ2n) is 3.94. The van der Waals surface area contributed by atoms with Gasteiger partial charge in [-0.2, -0.15) is 0 Å². The second kappa shape index (κ2) is 5.98. The molecule has 0 radical (unpaired) electrons. The highest BCUT2D eigenvalue weighted by Gasteiger charge is 2.15. The zero-order valence-electron chi connectivity index (χ0n) is 9.97. The molecule has 0 aliphatic heterocycles. The zero-order chi connectivity index (χ0) is 12.8. The molecule has 1 amide bonds. The molecule has 1 rings (SSSR count). The minimum Gasteiger partial charge on any atom is -0.353 e. The summed E-state index contributed by atoms with van der Waals surface area (Å²) >= 11 is 0. The van der Waals surface area contributed by atoms with E-state index in [1.807, 2.05) is 13.8 Å². The van der Waals surface area contributed by atoms with Crippen LogP contribution in [0, 0.1) is 10.1 Å². The molecule has 0 spiro atoms. The molecule has 17 heavy (non-hydrogen) atoms. The number of para-hydroxylation sites is 1. The van der Waals surface area contributed by atoms with Gasteiger partial charge in [-0.25, -0.2) is 0 Å². The summed E-state index contributed by atoms with van der Waals surface area (Å²) in [6, 6.07) is 6.39. The number of carbonyl (C=O) groups is 1. The fourth-order valence-electron chi connectivity index (χ4n) is 1.44. The van der Waals surface area contributed by atoms with Gasteiger partial charge in [-0.15, -0.1) is 0 Å². The van der Waals surface area contributed by atoms with Crippen LogP contribution in [0.5, 0.6) is 0 Å². The Bertz CT molecular complexity index is 418. The molecule has 0 unspecified atom stereocenters. The smallest absolute Gasteiger partial charge is 0.273 e. The fourth-order valence-corrected chi connectivity index (χ4v) is 1.44. The minimum atomic E-state index is -0.466. The number of hydrogen-bond acceptors (Lipinski definition) is 3. The number of amides is 1. The Hall–Kier alpha value is -1.91. The molecule has 5 nitrogen and oxygen atoms in total. The van der Waals surface area contributed by atoms with Gasteiger partial charge >= 0.3 is 0 Å². The highest BCUT2D eigenvalue weighted by Crippen LogP contribution is 2.17. The number of rotatable bonds is 5. The van der Waals surface area contributed by atoms with E-state index in [-0.39, 0.29) is 24.1 Å². The summed E-state index contributed by atoms with van der Waals surface area (Å²) in [5.41, 5.74) is 0.435. The van der Waals surface area contributed by atoms with Crippen LogP contribution in [0.25, 0.3) is 0 Å². The number of carbonyl (C=O) groups excluding carboxylic acids is 1. The number of nitro benzene ring substituents is 1. The summed E-state index contributed by atoms with van der Waals surface area (Å²) in [5.74, 6) is -0.186. The van der Waals surface area contributed by atoms with Crippen molar-refractivity contribution in [3.63, 3.8) is 0 Å². The van der Waals surface area contributed by atoms with Gasteiger partial charge in [0.25, 0.3) is 5.69 Å². The van der Waals surface area contributed by atoms with E-state index in [1.165, 1.54) is 6.07 Å². The normalized spacial score (nSPS) is 11.9. The molecule has 1 atom stereocenters. The van der Waals surface area contributed by atoms with Crippen LogP contribution in [0.15, 0.2) is 24.3 Å². The number of hydrogen-bond donors (Lipinski definition) is 1. The lowest BCUT2D eigenvalue weighted by molar-refractivity contribution is -0.385. The number of nitrogens with one attached hydrogen (secondary N) is 1. The first kappa shape index (κ1) is 13.2. The Labute approximate surface area is 100.0 Å². The van der Waals surface area contributed by atoms with Crippen molar-refractivity contribution in [1.82, 2.24) is 5.32 Å². The predicted molar refractivity (Wildman–Crippen MR) is 64.7 cm³/mol. The van der Waals surface area contributed by atoms with Crippen LogP contribution < -0.4 is 5.32 Å². The topological polar surface area (TPSA) is 72.2 Å². The van der Waals surface area contributed by atoms with Crippen LogP contribution in [0.1, 0.15) is 25.8 Å².